The average molecular weight is 261 g/mol. The van der Waals surface area contributed by atoms with Crippen LogP contribution in [0.4, 0.5) is 5.69 Å². The molecule has 1 aliphatic rings. The first-order valence-corrected chi connectivity index (χ1v) is 6.60. The Kier molecular flexibility index (Phi) is 4.20. The van der Waals surface area contributed by atoms with Gasteiger partial charge in [0.2, 0.25) is 5.91 Å². The van der Waals surface area contributed by atoms with Gasteiger partial charge in [-0.1, -0.05) is 13.3 Å². The Balaban J connectivity index is 2.01. The molecule has 0 heterocycles. The Morgan fingerprint density at radius 2 is 1.95 bits per heavy atom. The van der Waals surface area contributed by atoms with E-state index in [0.29, 0.717) is 12.1 Å². The second-order valence-corrected chi connectivity index (χ2v) is 5.00. The highest BCUT2D eigenvalue weighted by atomic mass is 16.5. The summed E-state index contributed by atoms with van der Waals surface area (Å²) in [6.45, 7) is 1.90. The maximum atomic E-state index is 12.1. The molecule has 1 aliphatic carbocycles. The highest BCUT2D eigenvalue weighted by molar-refractivity contribution is 6.08. The van der Waals surface area contributed by atoms with Crippen molar-refractivity contribution in [1.29, 1.82) is 0 Å². The molecule has 102 valence electrons. The third-order valence-electron chi connectivity index (χ3n) is 3.63. The van der Waals surface area contributed by atoms with Gasteiger partial charge in [-0.2, -0.15) is 0 Å². The van der Waals surface area contributed by atoms with E-state index >= 15 is 0 Å². The van der Waals surface area contributed by atoms with Crippen LogP contribution in [0.25, 0.3) is 0 Å². The SMILES string of the molecule is COc1ccc(NC(=O)C2CCCC(C)C2=O)cc1. The zero-order valence-corrected chi connectivity index (χ0v) is 11.3. The molecule has 2 rings (SSSR count). The van der Waals surface area contributed by atoms with E-state index in [1.165, 1.54) is 0 Å². The van der Waals surface area contributed by atoms with Crippen molar-refractivity contribution in [3.8, 4) is 5.75 Å². The highest BCUT2D eigenvalue weighted by Gasteiger charge is 2.33. The first kappa shape index (κ1) is 13.6. The second-order valence-electron chi connectivity index (χ2n) is 5.00. The van der Waals surface area contributed by atoms with E-state index in [4.69, 9.17) is 4.74 Å². The Morgan fingerprint density at radius 1 is 1.26 bits per heavy atom. The minimum absolute atomic E-state index is 0.000340. The lowest BCUT2D eigenvalue weighted by molar-refractivity contribution is -0.135. The van der Waals surface area contributed by atoms with Crippen LogP contribution in [0.15, 0.2) is 24.3 Å². The fourth-order valence-corrected chi connectivity index (χ4v) is 2.42. The molecule has 1 saturated carbocycles. The predicted molar refractivity (Wildman–Crippen MR) is 73.1 cm³/mol. The quantitative estimate of drug-likeness (QED) is 0.851. The van der Waals surface area contributed by atoms with Gasteiger partial charge in [0.25, 0.3) is 0 Å². The molecule has 0 saturated heterocycles. The van der Waals surface area contributed by atoms with E-state index in [0.717, 1.165) is 18.6 Å². The average Bonchev–Trinajstić information content (AvgIpc) is 2.42. The van der Waals surface area contributed by atoms with Gasteiger partial charge in [0, 0.05) is 11.6 Å². The van der Waals surface area contributed by atoms with Crippen molar-refractivity contribution < 1.29 is 14.3 Å². The van der Waals surface area contributed by atoms with Gasteiger partial charge in [0.1, 0.15) is 11.5 Å². The van der Waals surface area contributed by atoms with Gasteiger partial charge in [-0.25, -0.2) is 0 Å². The third-order valence-corrected chi connectivity index (χ3v) is 3.63. The first-order chi connectivity index (χ1) is 9.11. The van der Waals surface area contributed by atoms with Crippen LogP contribution in [0.5, 0.6) is 5.75 Å². The number of methoxy groups -OCH3 is 1. The molecular formula is C15H19NO3. The lowest BCUT2D eigenvalue weighted by Crippen LogP contribution is -2.36. The zero-order valence-electron chi connectivity index (χ0n) is 11.3. The molecule has 1 fully saturated rings. The summed E-state index contributed by atoms with van der Waals surface area (Å²) in [5.74, 6) is 0.116. The lowest BCUT2D eigenvalue weighted by atomic mass is 9.80. The van der Waals surface area contributed by atoms with Crippen molar-refractivity contribution in [1.82, 2.24) is 0 Å². The van der Waals surface area contributed by atoms with E-state index < -0.39 is 5.92 Å². The van der Waals surface area contributed by atoms with Crippen LogP contribution in [0, 0.1) is 11.8 Å². The summed E-state index contributed by atoms with van der Waals surface area (Å²) >= 11 is 0. The predicted octanol–water partition coefficient (Wildman–Crippen LogP) is 2.64. The van der Waals surface area contributed by atoms with Crippen LogP contribution in [0.3, 0.4) is 0 Å². The molecule has 2 atom stereocenters. The number of amides is 1. The van der Waals surface area contributed by atoms with Gasteiger partial charge in [-0.05, 0) is 37.1 Å². The van der Waals surface area contributed by atoms with Crippen molar-refractivity contribution in [3.05, 3.63) is 24.3 Å². The maximum Gasteiger partial charge on any atom is 0.234 e. The number of benzene rings is 1. The lowest BCUT2D eigenvalue weighted by Gasteiger charge is -2.24. The van der Waals surface area contributed by atoms with Gasteiger partial charge in [-0.3, -0.25) is 9.59 Å². The fourth-order valence-electron chi connectivity index (χ4n) is 2.42. The molecule has 1 N–H and O–H groups in total. The molecule has 1 amide bonds. The highest BCUT2D eigenvalue weighted by Crippen LogP contribution is 2.26. The van der Waals surface area contributed by atoms with Gasteiger partial charge in [-0.15, -0.1) is 0 Å². The Labute approximate surface area is 113 Å². The number of carbonyl (C=O) groups is 2. The van der Waals surface area contributed by atoms with Gasteiger partial charge >= 0.3 is 0 Å². The molecule has 2 unspecified atom stereocenters. The van der Waals surface area contributed by atoms with Crippen LogP contribution in [-0.4, -0.2) is 18.8 Å². The van der Waals surface area contributed by atoms with E-state index in [9.17, 15) is 9.59 Å². The number of ketones is 1. The molecule has 0 bridgehead atoms. The number of ether oxygens (including phenoxy) is 1. The van der Waals surface area contributed by atoms with Crippen LogP contribution in [0.1, 0.15) is 26.2 Å². The number of hydrogen-bond acceptors (Lipinski definition) is 3. The summed E-state index contributed by atoms with van der Waals surface area (Å²) in [5, 5.41) is 2.80. The van der Waals surface area contributed by atoms with Crippen LogP contribution < -0.4 is 10.1 Å². The van der Waals surface area contributed by atoms with Crippen LogP contribution in [-0.2, 0) is 9.59 Å². The summed E-state index contributed by atoms with van der Waals surface area (Å²) < 4.78 is 5.05. The molecule has 1 aromatic carbocycles. The summed E-state index contributed by atoms with van der Waals surface area (Å²) in [4.78, 5) is 24.1. The summed E-state index contributed by atoms with van der Waals surface area (Å²) in [6, 6.07) is 7.10. The summed E-state index contributed by atoms with van der Waals surface area (Å²) in [5.41, 5.74) is 0.692. The first-order valence-electron chi connectivity index (χ1n) is 6.60. The van der Waals surface area contributed by atoms with Crippen LogP contribution >= 0.6 is 0 Å². The third kappa shape index (κ3) is 3.13. The number of carbonyl (C=O) groups excluding carboxylic acids is 2. The monoisotopic (exact) mass is 261 g/mol. The Bertz CT molecular complexity index is 467. The van der Waals surface area contributed by atoms with Gasteiger partial charge in [0.05, 0.1) is 13.0 Å². The summed E-state index contributed by atoms with van der Waals surface area (Å²) in [7, 11) is 1.59. The second kappa shape index (κ2) is 5.87. The molecule has 4 heteroatoms. The minimum atomic E-state index is -0.495. The van der Waals surface area contributed by atoms with Crippen LogP contribution in [0.2, 0.25) is 0 Å². The maximum absolute atomic E-state index is 12.1. The van der Waals surface area contributed by atoms with Gasteiger partial charge < -0.3 is 10.1 Å². The van der Waals surface area contributed by atoms with E-state index in [-0.39, 0.29) is 17.6 Å². The van der Waals surface area contributed by atoms with Crippen molar-refractivity contribution >= 4 is 17.4 Å². The molecule has 0 spiro atoms. The normalized spacial score (nSPS) is 22.9. The standard InChI is InChI=1S/C15H19NO3/c1-10-4-3-5-13(14(10)17)15(18)16-11-6-8-12(19-2)9-7-11/h6-10,13H,3-5H2,1-2H3,(H,16,18). The molecule has 4 nitrogen and oxygen atoms in total. The van der Waals surface area contributed by atoms with Crippen molar-refractivity contribution in [3.63, 3.8) is 0 Å². The number of anilines is 1. The van der Waals surface area contributed by atoms with Gasteiger partial charge in [0.15, 0.2) is 0 Å². The molecular weight excluding hydrogens is 242 g/mol. The largest absolute Gasteiger partial charge is 0.497 e. The number of rotatable bonds is 3. The Hall–Kier alpha value is -1.84. The van der Waals surface area contributed by atoms with E-state index in [2.05, 4.69) is 5.32 Å². The summed E-state index contributed by atoms with van der Waals surface area (Å²) in [6.07, 6.45) is 2.49. The molecule has 0 aromatic heterocycles. The molecule has 1 aromatic rings. The number of nitrogens with one attached hydrogen (secondary N) is 1. The van der Waals surface area contributed by atoms with Crippen molar-refractivity contribution in [2.75, 3.05) is 12.4 Å². The number of Topliss-reactive ketones (excluding diaryl/α,β-unsaturated/α-hetero) is 1. The zero-order chi connectivity index (χ0) is 13.8. The smallest absolute Gasteiger partial charge is 0.234 e. The van der Waals surface area contributed by atoms with E-state index in [1.54, 1.807) is 31.4 Å². The fraction of sp³-hybridized carbons (Fsp3) is 0.467. The topological polar surface area (TPSA) is 55.4 Å². The van der Waals surface area contributed by atoms with Crippen molar-refractivity contribution in [2.45, 2.75) is 26.2 Å². The Morgan fingerprint density at radius 3 is 2.58 bits per heavy atom. The molecule has 0 radical (unpaired) electrons. The number of hydrogen-bond donors (Lipinski definition) is 1. The van der Waals surface area contributed by atoms with Crippen molar-refractivity contribution in [2.24, 2.45) is 11.8 Å². The molecule has 0 aliphatic heterocycles. The molecule has 19 heavy (non-hydrogen) atoms. The van der Waals surface area contributed by atoms with E-state index in [1.807, 2.05) is 6.92 Å². The minimum Gasteiger partial charge on any atom is -0.497 e.